The molecule has 0 spiro atoms. The normalized spacial score (nSPS) is 13.8. The predicted octanol–water partition coefficient (Wildman–Crippen LogP) is 4.15. The number of nitrogens with zero attached hydrogens (tertiary/aromatic N) is 1. The van der Waals surface area contributed by atoms with Crippen molar-refractivity contribution in [1.82, 2.24) is 0 Å². The fourth-order valence-corrected chi connectivity index (χ4v) is 2.74. The first-order chi connectivity index (χ1) is 10.9. The van der Waals surface area contributed by atoms with Crippen LogP contribution in [0.2, 0.25) is 0 Å². The molecular weight excluding hydrogens is 433 g/mol. The summed E-state index contributed by atoms with van der Waals surface area (Å²) >= 11 is 0. The first-order valence-electron chi connectivity index (χ1n) is 7.47. The number of hydrogen-bond acceptors (Lipinski definition) is 2. The third kappa shape index (κ3) is 5.59. The van der Waals surface area contributed by atoms with Crippen LogP contribution in [0.15, 0.2) is 52.4 Å². The third-order valence-corrected chi connectivity index (χ3v) is 4.74. The van der Waals surface area contributed by atoms with Crippen LogP contribution in [0.3, 0.4) is 0 Å². The number of anilines is 1. The second-order valence-corrected chi connectivity index (χ2v) is 7.02. The van der Waals surface area contributed by atoms with Crippen LogP contribution in [0.5, 0.6) is 0 Å². The first-order valence-corrected chi connectivity index (χ1v) is 9.03. The fourth-order valence-electron chi connectivity index (χ4n) is 2.22. The average Bonchev–Trinajstić information content (AvgIpc) is 2.51. The molecule has 0 aromatic heterocycles. The van der Waals surface area contributed by atoms with Crippen molar-refractivity contribution < 1.29 is 4.21 Å². The summed E-state index contributed by atoms with van der Waals surface area (Å²) in [7, 11) is -0.965. The van der Waals surface area contributed by atoms with Crippen molar-refractivity contribution in [3.8, 4) is 0 Å². The SMILES string of the molecule is Cc1ccc(NC(N)=NC(C)c2ccc(S(C)=O)cc2)cc1C.I. The summed E-state index contributed by atoms with van der Waals surface area (Å²) < 4.78 is 11.4. The van der Waals surface area contributed by atoms with E-state index in [0.717, 1.165) is 16.1 Å². The maximum absolute atomic E-state index is 11.4. The van der Waals surface area contributed by atoms with Crippen LogP contribution < -0.4 is 11.1 Å². The molecule has 2 aromatic rings. The number of guanidine groups is 1. The van der Waals surface area contributed by atoms with Gasteiger partial charge in [-0.1, -0.05) is 18.2 Å². The van der Waals surface area contributed by atoms with Crippen molar-refractivity contribution in [2.24, 2.45) is 10.7 Å². The Morgan fingerprint density at radius 1 is 1.12 bits per heavy atom. The Hall–Kier alpha value is -1.41. The Morgan fingerprint density at radius 2 is 1.75 bits per heavy atom. The summed E-state index contributed by atoms with van der Waals surface area (Å²) in [6.07, 6.45) is 1.67. The lowest BCUT2D eigenvalue weighted by atomic mass is 10.1. The van der Waals surface area contributed by atoms with E-state index in [4.69, 9.17) is 5.73 Å². The minimum absolute atomic E-state index is 0. The third-order valence-electron chi connectivity index (χ3n) is 3.81. The number of halogens is 1. The van der Waals surface area contributed by atoms with Crippen LogP contribution in [0.1, 0.15) is 29.7 Å². The van der Waals surface area contributed by atoms with E-state index in [1.54, 1.807) is 6.26 Å². The first kappa shape index (κ1) is 20.6. The summed E-state index contributed by atoms with van der Waals surface area (Å²) in [5.41, 5.74) is 10.4. The summed E-state index contributed by atoms with van der Waals surface area (Å²) in [5.74, 6) is 0.379. The molecule has 0 saturated carbocycles. The highest BCUT2D eigenvalue weighted by molar-refractivity contribution is 14.0. The number of hydrogen-bond donors (Lipinski definition) is 2. The highest BCUT2D eigenvalue weighted by Gasteiger charge is 2.06. The molecule has 3 N–H and O–H groups in total. The molecule has 0 heterocycles. The molecule has 4 nitrogen and oxygen atoms in total. The number of aryl methyl sites for hydroxylation is 2. The van der Waals surface area contributed by atoms with Gasteiger partial charge in [-0.3, -0.25) is 4.21 Å². The van der Waals surface area contributed by atoms with Crippen LogP contribution in [0, 0.1) is 13.8 Å². The van der Waals surface area contributed by atoms with Crippen LogP contribution in [0.25, 0.3) is 0 Å². The van der Waals surface area contributed by atoms with Gasteiger partial charge in [0, 0.05) is 27.6 Å². The van der Waals surface area contributed by atoms with E-state index in [1.807, 2.05) is 43.3 Å². The van der Waals surface area contributed by atoms with Gasteiger partial charge >= 0.3 is 0 Å². The van der Waals surface area contributed by atoms with Crippen LogP contribution in [0.4, 0.5) is 5.69 Å². The molecule has 0 fully saturated rings. The number of benzene rings is 2. The molecule has 2 atom stereocenters. The summed E-state index contributed by atoms with van der Waals surface area (Å²) in [5, 5.41) is 3.12. The number of aliphatic imine (C=N–C) groups is 1. The average molecular weight is 457 g/mol. The standard InChI is InChI=1S/C18H23N3OS.HI/c1-12-5-8-16(11-13(12)2)21-18(19)20-14(3)15-6-9-17(10-7-15)23(4)22;/h5-11,14H,1-4H3,(H3,19,20,21);1H. The Morgan fingerprint density at radius 3 is 2.29 bits per heavy atom. The van der Waals surface area contributed by atoms with Gasteiger partial charge in [0.15, 0.2) is 5.96 Å². The molecular formula is C18H24IN3OS. The highest BCUT2D eigenvalue weighted by atomic mass is 127. The van der Waals surface area contributed by atoms with Crippen molar-refractivity contribution in [3.63, 3.8) is 0 Å². The lowest BCUT2D eigenvalue weighted by molar-refractivity contribution is 0.686. The molecule has 0 radical (unpaired) electrons. The van der Waals surface area contributed by atoms with Crippen LogP contribution >= 0.6 is 24.0 Å². The van der Waals surface area contributed by atoms with E-state index in [1.165, 1.54) is 11.1 Å². The van der Waals surface area contributed by atoms with Crippen LogP contribution in [-0.4, -0.2) is 16.4 Å². The topological polar surface area (TPSA) is 67.5 Å². The minimum atomic E-state index is -0.965. The number of nitrogens with two attached hydrogens (primary N) is 1. The van der Waals surface area contributed by atoms with Crippen molar-refractivity contribution in [2.75, 3.05) is 11.6 Å². The quantitative estimate of drug-likeness (QED) is 0.412. The monoisotopic (exact) mass is 457 g/mol. The van der Waals surface area contributed by atoms with Crippen molar-refractivity contribution in [1.29, 1.82) is 0 Å². The zero-order chi connectivity index (χ0) is 17.0. The van der Waals surface area contributed by atoms with Gasteiger partial charge in [-0.2, -0.15) is 0 Å². The van der Waals surface area contributed by atoms with Crippen molar-refractivity contribution in [2.45, 2.75) is 31.7 Å². The lowest BCUT2D eigenvalue weighted by Gasteiger charge is -2.12. The van der Waals surface area contributed by atoms with E-state index in [0.29, 0.717) is 5.96 Å². The van der Waals surface area contributed by atoms with Gasteiger partial charge in [0.05, 0.1) is 6.04 Å². The maximum Gasteiger partial charge on any atom is 0.193 e. The van der Waals surface area contributed by atoms with E-state index in [2.05, 4.69) is 30.2 Å². The molecule has 130 valence electrons. The number of nitrogens with one attached hydrogen (secondary N) is 1. The zero-order valence-electron chi connectivity index (χ0n) is 14.4. The largest absolute Gasteiger partial charge is 0.370 e. The second kappa shape index (κ2) is 9.17. The Balaban J connectivity index is 0.00000288. The van der Waals surface area contributed by atoms with E-state index in [9.17, 15) is 4.21 Å². The van der Waals surface area contributed by atoms with E-state index in [-0.39, 0.29) is 30.0 Å². The van der Waals surface area contributed by atoms with Gasteiger partial charge in [-0.05, 0) is 61.7 Å². The van der Waals surface area contributed by atoms with Crippen molar-refractivity contribution >= 4 is 46.4 Å². The zero-order valence-corrected chi connectivity index (χ0v) is 17.5. The molecule has 0 amide bonds. The fraction of sp³-hybridized carbons (Fsp3) is 0.278. The van der Waals surface area contributed by atoms with Gasteiger partial charge in [-0.25, -0.2) is 4.99 Å². The summed E-state index contributed by atoms with van der Waals surface area (Å²) in [6, 6.07) is 13.6. The maximum atomic E-state index is 11.4. The molecule has 2 unspecified atom stereocenters. The highest BCUT2D eigenvalue weighted by Crippen LogP contribution is 2.19. The van der Waals surface area contributed by atoms with Gasteiger partial charge in [-0.15, -0.1) is 24.0 Å². The minimum Gasteiger partial charge on any atom is -0.370 e. The molecule has 0 bridgehead atoms. The molecule has 24 heavy (non-hydrogen) atoms. The van der Waals surface area contributed by atoms with Gasteiger partial charge < -0.3 is 11.1 Å². The smallest absolute Gasteiger partial charge is 0.193 e. The van der Waals surface area contributed by atoms with Gasteiger partial charge in [0.25, 0.3) is 0 Å². The predicted molar refractivity (Wildman–Crippen MR) is 114 cm³/mol. The van der Waals surface area contributed by atoms with Crippen LogP contribution in [-0.2, 0) is 10.8 Å². The molecule has 0 saturated heterocycles. The Bertz CT molecular complexity index is 744. The van der Waals surface area contributed by atoms with E-state index < -0.39 is 10.8 Å². The molecule has 0 aliphatic carbocycles. The summed E-state index contributed by atoms with van der Waals surface area (Å²) in [4.78, 5) is 5.29. The Labute approximate surface area is 163 Å². The molecule has 6 heteroatoms. The Kier molecular flexibility index (Phi) is 7.89. The van der Waals surface area contributed by atoms with Crippen molar-refractivity contribution in [3.05, 3.63) is 59.2 Å². The van der Waals surface area contributed by atoms with Gasteiger partial charge in [0.1, 0.15) is 0 Å². The second-order valence-electron chi connectivity index (χ2n) is 5.64. The number of rotatable bonds is 4. The lowest BCUT2D eigenvalue weighted by Crippen LogP contribution is -2.23. The molecule has 2 rings (SSSR count). The van der Waals surface area contributed by atoms with Gasteiger partial charge in [0.2, 0.25) is 0 Å². The molecule has 0 aliphatic rings. The molecule has 2 aromatic carbocycles. The van der Waals surface area contributed by atoms with E-state index >= 15 is 0 Å². The summed E-state index contributed by atoms with van der Waals surface area (Å²) in [6.45, 7) is 6.12. The molecule has 0 aliphatic heterocycles.